The van der Waals surface area contributed by atoms with Gasteiger partial charge >= 0.3 is 0 Å². The van der Waals surface area contributed by atoms with Crippen molar-refractivity contribution in [2.45, 2.75) is 11.4 Å². The lowest BCUT2D eigenvalue weighted by Gasteiger charge is -2.19. The smallest absolute Gasteiger partial charge is 0.288 e. The molecule has 0 saturated heterocycles. The van der Waals surface area contributed by atoms with Crippen molar-refractivity contribution in [3.05, 3.63) is 63.2 Å². The van der Waals surface area contributed by atoms with E-state index in [4.69, 9.17) is 16.3 Å². The van der Waals surface area contributed by atoms with Crippen LogP contribution in [0.3, 0.4) is 0 Å². The largest absolute Gasteiger partial charge is 0.448 e. The number of hydrogen-bond acceptors (Lipinski definition) is 8. The number of benzene rings is 2. The second-order valence-corrected chi connectivity index (χ2v) is 6.79. The minimum absolute atomic E-state index is 0.0619. The van der Waals surface area contributed by atoms with Crippen LogP contribution in [0.2, 0.25) is 5.02 Å². The molecule has 3 aromatic rings. The first-order chi connectivity index (χ1) is 13.1. The van der Waals surface area contributed by atoms with E-state index in [0.29, 0.717) is 22.3 Å². The molecule has 10 heteroatoms. The third-order valence-corrected chi connectivity index (χ3v) is 4.84. The quantitative estimate of drug-likeness (QED) is 0.393. The zero-order valence-electron chi connectivity index (χ0n) is 13.9. The van der Waals surface area contributed by atoms with E-state index in [2.05, 4.69) is 20.5 Å². The summed E-state index contributed by atoms with van der Waals surface area (Å²) in [5, 5.41) is 23.3. The summed E-state index contributed by atoms with van der Waals surface area (Å²) in [6, 6.07) is 12.0. The number of thioether (sulfide) groups is 1. The lowest BCUT2D eigenvalue weighted by molar-refractivity contribution is -0.384. The molecule has 0 amide bonds. The van der Waals surface area contributed by atoms with Gasteiger partial charge in [-0.25, -0.2) is 0 Å². The summed E-state index contributed by atoms with van der Waals surface area (Å²) in [4.78, 5) is 15.1. The first-order valence-corrected chi connectivity index (χ1v) is 9.42. The van der Waals surface area contributed by atoms with Crippen LogP contribution in [0.25, 0.3) is 11.3 Å². The molecule has 1 atom stereocenters. The number of rotatable bonds is 3. The van der Waals surface area contributed by atoms with Gasteiger partial charge in [-0.3, -0.25) is 10.1 Å². The van der Waals surface area contributed by atoms with Crippen LogP contribution in [-0.4, -0.2) is 26.4 Å². The molecule has 2 heterocycles. The summed E-state index contributed by atoms with van der Waals surface area (Å²) in [6.45, 7) is 0. The van der Waals surface area contributed by atoms with Gasteiger partial charge in [0.2, 0.25) is 11.0 Å². The van der Waals surface area contributed by atoms with E-state index in [1.165, 1.54) is 23.9 Å². The molecule has 1 aliphatic rings. The Morgan fingerprint density at radius 2 is 2.07 bits per heavy atom. The molecule has 1 aliphatic heterocycles. The Labute approximate surface area is 163 Å². The summed E-state index contributed by atoms with van der Waals surface area (Å²) >= 11 is 7.27. The zero-order chi connectivity index (χ0) is 19.0. The first-order valence-electron chi connectivity index (χ1n) is 7.82. The average molecular weight is 402 g/mol. The molecule has 1 aromatic heterocycles. The highest BCUT2D eigenvalue weighted by atomic mass is 35.5. The van der Waals surface area contributed by atoms with E-state index in [0.717, 1.165) is 11.3 Å². The SMILES string of the molecule is CSc1nnc2c(n1)O[C@H](c1ccc(Cl)c([N+](=O)[O-])c1)Nc1ccccc1-2. The number of hydrogen-bond donors (Lipinski definition) is 1. The predicted molar refractivity (Wildman–Crippen MR) is 102 cm³/mol. The Kier molecular flexibility index (Phi) is 4.54. The number of ether oxygens (including phenoxy) is 1. The van der Waals surface area contributed by atoms with Gasteiger partial charge in [0.25, 0.3) is 5.69 Å². The molecule has 1 N–H and O–H groups in total. The maximum Gasteiger partial charge on any atom is 0.288 e. The number of para-hydroxylation sites is 1. The number of aromatic nitrogens is 3. The third-order valence-electron chi connectivity index (χ3n) is 3.99. The highest BCUT2D eigenvalue weighted by molar-refractivity contribution is 7.98. The molecule has 2 aromatic carbocycles. The van der Waals surface area contributed by atoms with Crippen LogP contribution in [0, 0.1) is 10.1 Å². The van der Waals surface area contributed by atoms with Gasteiger partial charge in [-0.2, -0.15) is 4.98 Å². The van der Waals surface area contributed by atoms with Crippen LogP contribution in [0.1, 0.15) is 11.8 Å². The molecule has 0 aliphatic carbocycles. The number of nitrogens with zero attached hydrogens (tertiary/aromatic N) is 4. The van der Waals surface area contributed by atoms with Gasteiger partial charge in [0.05, 0.1) is 4.92 Å². The lowest BCUT2D eigenvalue weighted by atomic mass is 10.1. The number of anilines is 1. The number of nitro groups is 1. The number of nitro benzene ring substituents is 1. The van der Waals surface area contributed by atoms with Crippen molar-refractivity contribution < 1.29 is 9.66 Å². The fourth-order valence-electron chi connectivity index (χ4n) is 2.72. The first kappa shape index (κ1) is 17.5. The van der Waals surface area contributed by atoms with E-state index in [-0.39, 0.29) is 10.7 Å². The Bertz CT molecular complexity index is 1050. The highest BCUT2D eigenvalue weighted by Crippen LogP contribution is 2.40. The summed E-state index contributed by atoms with van der Waals surface area (Å²) in [6.07, 6.45) is 1.13. The van der Waals surface area contributed by atoms with Gasteiger partial charge < -0.3 is 10.1 Å². The molecule has 4 rings (SSSR count). The molecular weight excluding hydrogens is 390 g/mol. The van der Waals surface area contributed by atoms with Crippen LogP contribution < -0.4 is 10.1 Å². The predicted octanol–water partition coefficient (Wildman–Crippen LogP) is 4.33. The van der Waals surface area contributed by atoms with Crippen molar-refractivity contribution >= 4 is 34.7 Å². The normalized spacial score (nSPS) is 15.0. The monoisotopic (exact) mass is 401 g/mol. The summed E-state index contributed by atoms with van der Waals surface area (Å²) in [5.74, 6) is 0.300. The molecule has 0 bridgehead atoms. The average Bonchev–Trinajstić information content (AvgIpc) is 2.84. The van der Waals surface area contributed by atoms with Crippen molar-refractivity contribution in [1.82, 2.24) is 15.2 Å². The molecule has 0 saturated carbocycles. The van der Waals surface area contributed by atoms with Crippen molar-refractivity contribution in [3.63, 3.8) is 0 Å². The van der Waals surface area contributed by atoms with E-state index in [1.807, 2.05) is 30.5 Å². The van der Waals surface area contributed by atoms with E-state index in [1.54, 1.807) is 6.07 Å². The van der Waals surface area contributed by atoms with Gasteiger partial charge in [0.15, 0.2) is 11.9 Å². The van der Waals surface area contributed by atoms with Crippen molar-refractivity contribution in [2.24, 2.45) is 0 Å². The second-order valence-electron chi connectivity index (χ2n) is 5.61. The highest BCUT2D eigenvalue weighted by Gasteiger charge is 2.27. The van der Waals surface area contributed by atoms with E-state index >= 15 is 0 Å². The number of fused-ring (bicyclic) bond motifs is 3. The number of halogens is 1. The van der Waals surface area contributed by atoms with Crippen molar-refractivity contribution in [2.75, 3.05) is 11.6 Å². The minimum Gasteiger partial charge on any atom is -0.448 e. The van der Waals surface area contributed by atoms with Gasteiger partial charge in [-0.15, -0.1) is 10.2 Å². The standard InChI is InChI=1S/C17H12ClN5O3S/c1-27-17-20-16-14(21-22-17)10-4-2-3-5-12(10)19-15(26-16)9-6-7-11(18)13(8-9)23(24)25/h2-8,15,19H,1H3/t15-/m1/s1. The van der Waals surface area contributed by atoms with Crippen molar-refractivity contribution in [3.8, 4) is 17.1 Å². The Morgan fingerprint density at radius 3 is 2.85 bits per heavy atom. The van der Waals surface area contributed by atoms with E-state index < -0.39 is 11.2 Å². The fourth-order valence-corrected chi connectivity index (χ4v) is 3.20. The van der Waals surface area contributed by atoms with Gasteiger partial charge in [0.1, 0.15) is 5.02 Å². The summed E-state index contributed by atoms with van der Waals surface area (Å²) < 4.78 is 6.04. The summed E-state index contributed by atoms with van der Waals surface area (Å²) in [5.41, 5.74) is 2.39. The van der Waals surface area contributed by atoms with Crippen LogP contribution in [0.5, 0.6) is 5.88 Å². The summed E-state index contributed by atoms with van der Waals surface area (Å²) in [7, 11) is 0. The molecule has 8 nitrogen and oxygen atoms in total. The van der Waals surface area contributed by atoms with E-state index in [9.17, 15) is 10.1 Å². The molecular formula is C17H12ClN5O3S. The van der Waals surface area contributed by atoms with Gasteiger partial charge in [-0.05, 0) is 18.4 Å². The van der Waals surface area contributed by atoms with Crippen LogP contribution in [0.15, 0.2) is 47.6 Å². The molecule has 0 spiro atoms. The Morgan fingerprint density at radius 1 is 1.26 bits per heavy atom. The van der Waals surface area contributed by atoms with Crippen LogP contribution >= 0.6 is 23.4 Å². The fraction of sp³-hybridized carbons (Fsp3) is 0.118. The van der Waals surface area contributed by atoms with Gasteiger partial charge in [0, 0.05) is 22.9 Å². The maximum absolute atomic E-state index is 11.2. The van der Waals surface area contributed by atoms with Crippen molar-refractivity contribution in [1.29, 1.82) is 0 Å². The lowest BCUT2D eigenvalue weighted by Crippen LogP contribution is -2.17. The molecule has 0 radical (unpaired) electrons. The molecule has 0 fully saturated rings. The molecule has 27 heavy (non-hydrogen) atoms. The Hall–Kier alpha value is -2.91. The second kappa shape index (κ2) is 7.01. The maximum atomic E-state index is 11.2. The van der Waals surface area contributed by atoms with Crippen LogP contribution in [0.4, 0.5) is 11.4 Å². The molecule has 0 unspecified atom stereocenters. The van der Waals surface area contributed by atoms with Gasteiger partial charge in [-0.1, -0.05) is 47.6 Å². The topological polar surface area (TPSA) is 103 Å². The third kappa shape index (κ3) is 3.26. The minimum atomic E-state index is -0.713. The van der Waals surface area contributed by atoms with Crippen LogP contribution in [-0.2, 0) is 0 Å². The number of nitrogens with one attached hydrogen (secondary N) is 1. The Balaban J connectivity index is 1.85. The molecule has 136 valence electrons. The zero-order valence-corrected chi connectivity index (χ0v) is 15.5.